The molecule has 122 valence electrons. The van der Waals surface area contributed by atoms with Crippen molar-refractivity contribution in [2.24, 2.45) is 7.05 Å². The number of ether oxygens (including phenoxy) is 1. The number of aryl methyl sites for hydroxylation is 1. The zero-order valence-corrected chi connectivity index (χ0v) is 15.4. The fourth-order valence-corrected chi connectivity index (χ4v) is 4.70. The topological polar surface area (TPSA) is 14.2 Å². The minimum atomic E-state index is 0.516. The zero-order chi connectivity index (χ0) is 16.7. The Morgan fingerprint density at radius 2 is 2.00 bits per heavy atom. The van der Waals surface area contributed by atoms with Crippen molar-refractivity contribution in [2.45, 2.75) is 11.4 Å². The van der Waals surface area contributed by atoms with Crippen LogP contribution in [0.25, 0.3) is 16.5 Å². The van der Waals surface area contributed by atoms with E-state index in [0.29, 0.717) is 15.8 Å². The maximum absolute atomic E-state index is 6.20. The summed E-state index contributed by atoms with van der Waals surface area (Å²) in [5.41, 5.74) is 3.72. The molecule has 2 nitrogen and oxygen atoms in total. The summed E-state index contributed by atoms with van der Waals surface area (Å²) in [6, 6.07) is 13.7. The Hall–Kier alpha value is -1.55. The van der Waals surface area contributed by atoms with Crippen molar-refractivity contribution in [2.75, 3.05) is 5.75 Å². The summed E-state index contributed by atoms with van der Waals surface area (Å²) in [5.74, 6) is 1.66. The van der Waals surface area contributed by atoms with Gasteiger partial charge in [-0.15, -0.1) is 11.8 Å². The van der Waals surface area contributed by atoms with E-state index in [2.05, 4.69) is 35.9 Å². The van der Waals surface area contributed by atoms with E-state index in [4.69, 9.17) is 27.9 Å². The summed E-state index contributed by atoms with van der Waals surface area (Å²) in [7, 11) is 2.12. The molecule has 4 rings (SSSR count). The normalized spacial score (nSPS) is 15.7. The van der Waals surface area contributed by atoms with Gasteiger partial charge in [-0.1, -0.05) is 41.4 Å². The van der Waals surface area contributed by atoms with Crippen LogP contribution in [0.15, 0.2) is 53.8 Å². The third-order valence-corrected chi connectivity index (χ3v) is 5.90. The lowest BCUT2D eigenvalue weighted by molar-refractivity contribution is 0.482. The molecule has 24 heavy (non-hydrogen) atoms. The van der Waals surface area contributed by atoms with Gasteiger partial charge in [0, 0.05) is 34.3 Å². The first kappa shape index (κ1) is 15.9. The Morgan fingerprint density at radius 3 is 2.83 bits per heavy atom. The van der Waals surface area contributed by atoms with Crippen molar-refractivity contribution in [1.82, 2.24) is 4.57 Å². The molecule has 0 unspecified atom stereocenters. The fourth-order valence-electron chi connectivity index (χ4n) is 3.06. The summed E-state index contributed by atoms with van der Waals surface area (Å²) in [6.07, 6.45) is 2.80. The van der Waals surface area contributed by atoms with Crippen molar-refractivity contribution >= 4 is 51.4 Å². The highest BCUT2D eigenvalue weighted by atomic mass is 35.5. The molecule has 0 atom stereocenters. The maximum Gasteiger partial charge on any atom is 0.145 e. The molecule has 0 aliphatic carbocycles. The second-order valence-corrected chi connectivity index (χ2v) is 7.62. The third kappa shape index (κ3) is 2.71. The molecule has 0 bridgehead atoms. The summed E-state index contributed by atoms with van der Waals surface area (Å²) in [6.45, 7) is 0. The Kier molecular flexibility index (Phi) is 4.25. The average molecular weight is 376 g/mol. The van der Waals surface area contributed by atoms with Crippen molar-refractivity contribution in [1.29, 1.82) is 0 Å². The SMILES string of the molecule is Cn1c2c(c3ccccc31)/C(=C/Oc1ccc(Cl)cc1Cl)CCS2. The van der Waals surface area contributed by atoms with Gasteiger partial charge in [0.25, 0.3) is 0 Å². The van der Waals surface area contributed by atoms with Crippen LogP contribution in [0.1, 0.15) is 12.0 Å². The van der Waals surface area contributed by atoms with Gasteiger partial charge in [-0.05, 0) is 36.3 Å². The van der Waals surface area contributed by atoms with E-state index < -0.39 is 0 Å². The minimum absolute atomic E-state index is 0.516. The molecule has 1 aromatic heterocycles. The number of allylic oxidation sites excluding steroid dienone is 1. The van der Waals surface area contributed by atoms with Gasteiger partial charge in [-0.3, -0.25) is 0 Å². The molecule has 0 saturated heterocycles. The van der Waals surface area contributed by atoms with Crippen molar-refractivity contribution in [3.63, 3.8) is 0 Å². The molecule has 5 heteroatoms. The lowest BCUT2D eigenvalue weighted by atomic mass is 10.0. The van der Waals surface area contributed by atoms with Crippen LogP contribution in [0, 0.1) is 0 Å². The number of thioether (sulfide) groups is 1. The van der Waals surface area contributed by atoms with Crippen LogP contribution >= 0.6 is 35.0 Å². The molecule has 0 amide bonds. The van der Waals surface area contributed by atoms with Gasteiger partial charge in [-0.25, -0.2) is 0 Å². The minimum Gasteiger partial charge on any atom is -0.463 e. The van der Waals surface area contributed by atoms with Gasteiger partial charge >= 0.3 is 0 Å². The first-order valence-electron chi connectivity index (χ1n) is 7.66. The molecule has 1 aliphatic rings. The first-order valence-corrected chi connectivity index (χ1v) is 9.40. The van der Waals surface area contributed by atoms with Gasteiger partial charge in [0.15, 0.2) is 0 Å². The molecule has 3 aromatic rings. The molecule has 0 saturated carbocycles. The van der Waals surface area contributed by atoms with Gasteiger partial charge in [0.2, 0.25) is 0 Å². The van der Waals surface area contributed by atoms with Gasteiger partial charge in [-0.2, -0.15) is 0 Å². The average Bonchev–Trinajstić information content (AvgIpc) is 2.88. The Bertz CT molecular complexity index is 961. The molecule has 0 radical (unpaired) electrons. The lowest BCUT2D eigenvalue weighted by Gasteiger charge is -2.16. The summed E-state index contributed by atoms with van der Waals surface area (Å²) >= 11 is 14.0. The number of halogens is 2. The van der Waals surface area contributed by atoms with E-state index in [1.807, 2.05) is 18.0 Å². The highest BCUT2D eigenvalue weighted by Gasteiger charge is 2.22. The van der Waals surface area contributed by atoms with Crippen LogP contribution in [0.2, 0.25) is 10.0 Å². The summed E-state index contributed by atoms with van der Waals surface area (Å²) in [5, 5.41) is 3.67. The lowest BCUT2D eigenvalue weighted by Crippen LogP contribution is -2.01. The Labute approximate surface area is 155 Å². The molecule has 0 spiro atoms. The van der Waals surface area contributed by atoms with Crippen molar-refractivity contribution in [3.8, 4) is 5.75 Å². The van der Waals surface area contributed by atoms with E-state index in [1.165, 1.54) is 27.1 Å². The summed E-state index contributed by atoms with van der Waals surface area (Å²) in [4.78, 5) is 0. The number of benzene rings is 2. The highest BCUT2D eigenvalue weighted by Crippen LogP contribution is 2.43. The fraction of sp³-hybridized carbons (Fsp3) is 0.158. The molecule has 1 aliphatic heterocycles. The third-order valence-electron chi connectivity index (χ3n) is 4.21. The Balaban J connectivity index is 1.77. The second-order valence-electron chi connectivity index (χ2n) is 5.69. The number of hydrogen-bond donors (Lipinski definition) is 0. The quantitative estimate of drug-likeness (QED) is 0.481. The Morgan fingerprint density at radius 1 is 1.17 bits per heavy atom. The maximum atomic E-state index is 6.20. The molecular formula is C19H15Cl2NOS. The number of hydrogen-bond acceptors (Lipinski definition) is 2. The monoisotopic (exact) mass is 375 g/mol. The van der Waals surface area contributed by atoms with Gasteiger partial charge in [0.05, 0.1) is 16.3 Å². The second kappa shape index (κ2) is 6.40. The molecule has 2 aromatic carbocycles. The zero-order valence-electron chi connectivity index (χ0n) is 13.1. The van der Waals surface area contributed by atoms with E-state index in [1.54, 1.807) is 18.2 Å². The largest absolute Gasteiger partial charge is 0.463 e. The van der Waals surface area contributed by atoms with Crippen LogP contribution in [-0.4, -0.2) is 10.3 Å². The van der Waals surface area contributed by atoms with Crippen LogP contribution in [-0.2, 0) is 7.05 Å². The van der Waals surface area contributed by atoms with Crippen molar-refractivity contribution in [3.05, 3.63) is 64.3 Å². The molecule has 0 N–H and O–H groups in total. The number of rotatable bonds is 2. The standard InChI is InChI=1S/C19H15Cl2NOS/c1-22-16-5-3-2-4-14(16)18-12(8-9-24-19(18)22)11-23-17-7-6-13(20)10-15(17)21/h2-7,10-11H,8-9H2,1H3/b12-11+. The highest BCUT2D eigenvalue weighted by molar-refractivity contribution is 7.99. The molecule has 2 heterocycles. The van der Waals surface area contributed by atoms with Crippen LogP contribution in [0.3, 0.4) is 0 Å². The number of aromatic nitrogens is 1. The van der Waals surface area contributed by atoms with Crippen LogP contribution < -0.4 is 4.74 Å². The van der Waals surface area contributed by atoms with Crippen LogP contribution in [0.5, 0.6) is 5.75 Å². The first-order chi connectivity index (χ1) is 11.6. The number of nitrogens with zero attached hydrogens (tertiary/aromatic N) is 1. The van der Waals surface area contributed by atoms with Gasteiger partial charge in [0.1, 0.15) is 5.75 Å². The van der Waals surface area contributed by atoms with Crippen molar-refractivity contribution < 1.29 is 4.74 Å². The number of para-hydroxylation sites is 1. The summed E-state index contributed by atoms with van der Waals surface area (Å²) < 4.78 is 8.14. The van der Waals surface area contributed by atoms with E-state index in [0.717, 1.165) is 12.2 Å². The van der Waals surface area contributed by atoms with Gasteiger partial charge < -0.3 is 9.30 Å². The molecule has 0 fully saturated rings. The smallest absolute Gasteiger partial charge is 0.145 e. The predicted molar refractivity (Wildman–Crippen MR) is 103 cm³/mol. The van der Waals surface area contributed by atoms with E-state index in [-0.39, 0.29) is 0 Å². The van der Waals surface area contributed by atoms with E-state index >= 15 is 0 Å². The van der Waals surface area contributed by atoms with E-state index in [9.17, 15) is 0 Å². The van der Waals surface area contributed by atoms with Crippen LogP contribution in [0.4, 0.5) is 0 Å². The number of fused-ring (bicyclic) bond motifs is 3. The molecular weight excluding hydrogens is 361 g/mol. The predicted octanol–water partition coefficient (Wildman–Crippen LogP) is 6.40.